The van der Waals surface area contributed by atoms with Gasteiger partial charge < -0.3 is 14.6 Å². The average molecular weight is 292 g/mol. The highest BCUT2D eigenvalue weighted by atomic mass is 16.5. The fraction of sp³-hybridized carbons (Fsp3) is 0.471. The number of aliphatic hydroxyl groups is 1. The molecule has 0 unspecified atom stereocenters. The molecule has 0 spiro atoms. The van der Waals surface area contributed by atoms with Gasteiger partial charge in [-0.15, -0.1) is 0 Å². The lowest BCUT2D eigenvalue weighted by atomic mass is 10.0. The SMILES string of the molecule is COC(=O)/C=C/C[C@@H](O)C[C@@H](C)COCc1ccccc1. The molecule has 2 atom stereocenters. The molecule has 0 fully saturated rings. The van der Waals surface area contributed by atoms with Gasteiger partial charge in [0.15, 0.2) is 0 Å². The summed E-state index contributed by atoms with van der Waals surface area (Å²) in [6.45, 7) is 3.23. The zero-order valence-electron chi connectivity index (χ0n) is 12.7. The van der Waals surface area contributed by atoms with E-state index in [0.717, 1.165) is 5.56 Å². The minimum atomic E-state index is -0.471. The van der Waals surface area contributed by atoms with E-state index >= 15 is 0 Å². The molecule has 0 bridgehead atoms. The predicted octanol–water partition coefficient (Wildman–Crippen LogP) is 2.71. The number of hydrogen-bond donors (Lipinski definition) is 1. The van der Waals surface area contributed by atoms with E-state index in [4.69, 9.17) is 4.74 Å². The molecule has 0 aliphatic heterocycles. The summed E-state index contributed by atoms with van der Waals surface area (Å²) in [4.78, 5) is 10.9. The lowest BCUT2D eigenvalue weighted by molar-refractivity contribution is -0.134. The van der Waals surface area contributed by atoms with Gasteiger partial charge in [0.05, 0.1) is 19.8 Å². The van der Waals surface area contributed by atoms with E-state index in [-0.39, 0.29) is 5.92 Å². The Morgan fingerprint density at radius 3 is 2.71 bits per heavy atom. The number of aliphatic hydroxyl groups excluding tert-OH is 1. The summed E-state index contributed by atoms with van der Waals surface area (Å²) >= 11 is 0. The first-order chi connectivity index (χ1) is 10.1. The van der Waals surface area contributed by atoms with Crippen molar-refractivity contribution in [2.45, 2.75) is 32.5 Å². The highest BCUT2D eigenvalue weighted by Gasteiger charge is 2.09. The van der Waals surface area contributed by atoms with Crippen molar-refractivity contribution in [2.75, 3.05) is 13.7 Å². The van der Waals surface area contributed by atoms with Gasteiger partial charge in [-0.1, -0.05) is 43.3 Å². The van der Waals surface area contributed by atoms with Gasteiger partial charge in [0.2, 0.25) is 0 Å². The Bertz CT molecular complexity index is 428. The number of rotatable bonds is 9. The molecule has 0 saturated carbocycles. The molecule has 1 rings (SSSR count). The van der Waals surface area contributed by atoms with Crippen LogP contribution in [-0.4, -0.2) is 30.9 Å². The summed E-state index contributed by atoms with van der Waals surface area (Å²) in [5, 5.41) is 9.86. The van der Waals surface area contributed by atoms with E-state index in [1.165, 1.54) is 13.2 Å². The van der Waals surface area contributed by atoms with Crippen molar-refractivity contribution in [1.82, 2.24) is 0 Å². The Hall–Kier alpha value is -1.65. The second-order valence-corrected chi connectivity index (χ2v) is 5.16. The van der Waals surface area contributed by atoms with E-state index < -0.39 is 12.1 Å². The third-order valence-corrected chi connectivity index (χ3v) is 3.05. The molecule has 1 N–H and O–H groups in total. The van der Waals surface area contributed by atoms with E-state index in [0.29, 0.717) is 26.1 Å². The van der Waals surface area contributed by atoms with Gasteiger partial charge in [-0.2, -0.15) is 0 Å². The van der Waals surface area contributed by atoms with Crippen LogP contribution in [0.25, 0.3) is 0 Å². The Morgan fingerprint density at radius 1 is 1.33 bits per heavy atom. The van der Waals surface area contributed by atoms with Crippen LogP contribution in [0.3, 0.4) is 0 Å². The molecule has 0 heterocycles. The number of hydrogen-bond acceptors (Lipinski definition) is 4. The van der Waals surface area contributed by atoms with Crippen LogP contribution in [0.1, 0.15) is 25.3 Å². The van der Waals surface area contributed by atoms with Crippen molar-refractivity contribution < 1.29 is 19.4 Å². The Morgan fingerprint density at radius 2 is 2.05 bits per heavy atom. The van der Waals surface area contributed by atoms with E-state index in [1.54, 1.807) is 6.08 Å². The van der Waals surface area contributed by atoms with Crippen molar-refractivity contribution in [3.63, 3.8) is 0 Å². The molecule has 1 aromatic carbocycles. The molecular weight excluding hydrogens is 268 g/mol. The quantitative estimate of drug-likeness (QED) is 0.561. The van der Waals surface area contributed by atoms with Crippen LogP contribution in [0.2, 0.25) is 0 Å². The number of methoxy groups -OCH3 is 1. The second-order valence-electron chi connectivity index (χ2n) is 5.16. The predicted molar refractivity (Wildman–Crippen MR) is 81.7 cm³/mol. The van der Waals surface area contributed by atoms with Crippen LogP contribution in [0.4, 0.5) is 0 Å². The number of benzene rings is 1. The van der Waals surface area contributed by atoms with Gasteiger partial charge in [-0.25, -0.2) is 4.79 Å². The Kier molecular flexibility index (Phi) is 8.40. The maximum Gasteiger partial charge on any atom is 0.330 e. The summed E-state index contributed by atoms with van der Waals surface area (Å²) in [5.41, 5.74) is 1.14. The lowest BCUT2D eigenvalue weighted by Crippen LogP contribution is -2.15. The van der Waals surface area contributed by atoms with E-state index in [1.807, 2.05) is 37.3 Å². The maximum absolute atomic E-state index is 10.9. The standard InChI is InChI=1S/C17H24O4/c1-14(11-16(18)9-6-10-17(19)20-2)12-21-13-15-7-4-3-5-8-15/h3-8,10,14,16,18H,9,11-13H2,1-2H3/b10-6+/t14-,16-/m1/s1. The molecule has 4 nitrogen and oxygen atoms in total. The first kappa shape index (κ1) is 17.4. The summed E-state index contributed by atoms with van der Waals surface area (Å²) in [6, 6.07) is 10.00. The summed E-state index contributed by atoms with van der Waals surface area (Å²) in [7, 11) is 1.33. The topological polar surface area (TPSA) is 55.8 Å². The van der Waals surface area contributed by atoms with Crippen molar-refractivity contribution in [3.05, 3.63) is 48.0 Å². The summed E-state index contributed by atoms with van der Waals surface area (Å²) < 4.78 is 10.1. The molecule has 116 valence electrons. The van der Waals surface area contributed by atoms with Crippen LogP contribution >= 0.6 is 0 Å². The molecule has 0 amide bonds. The van der Waals surface area contributed by atoms with Crippen molar-refractivity contribution >= 4 is 5.97 Å². The van der Waals surface area contributed by atoms with Crippen LogP contribution < -0.4 is 0 Å². The highest BCUT2D eigenvalue weighted by molar-refractivity contribution is 5.81. The zero-order chi connectivity index (χ0) is 15.5. The fourth-order valence-corrected chi connectivity index (χ4v) is 1.97. The Labute approximate surface area is 126 Å². The van der Waals surface area contributed by atoms with Crippen LogP contribution in [-0.2, 0) is 20.9 Å². The molecule has 1 aromatic rings. The van der Waals surface area contributed by atoms with E-state index in [2.05, 4.69) is 4.74 Å². The molecule has 4 heteroatoms. The minimum Gasteiger partial charge on any atom is -0.466 e. The number of esters is 1. The van der Waals surface area contributed by atoms with Gasteiger partial charge in [0, 0.05) is 12.7 Å². The largest absolute Gasteiger partial charge is 0.466 e. The van der Waals surface area contributed by atoms with Crippen molar-refractivity contribution in [1.29, 1.82) is 0 Å². The molecule has 0 aliphatic rings. The first-order valence-corrected chi connectivity index (χ1v) is 7.16. The molecule has 0 saturated heterocycles. The van der Waals surface area contributed by atoms with Gasteiger partial charge in [0.25, 0.3) is 0 Å². The normalized spacial score (nSPS) is 14.0. The zero-order valence-corrected chi connectivity index (χ0v) is 12.7. The smallest absolute Gasteiger partial charge is 0.330 e. The van der Waals surface area contributed by atoms with Crippen LogP contribution in [0.15, 0.2) is 42.5 Å². The second kappa shape index (κ2) is 10.1. The third kappa shape index (κ3) is 8.27. The summed E-state index contributed by atoms with van der Waals surface area (Å²) in [5.74, 6) is -0.142. The average Bonchev–Trinajstić information content (AvgIpc) is 2.48. The number of ether oxygens (including phenoxy) is 2. The van der Waals surface area contributed by atoms with Gasteiger partial charge >= 0.3 is 5.97 Å². The lowest BCUT2D eigenvalue weighted by Gasteiger charge is -2.15. The van der Waals surface area contributed by atoms with Gasteiger partial charge in [-0.05, 0) is 24.3 Å². The molecule has 0 aromatic heterocycles. The fourth-order valence-electron chi connectivity index (χ4n) is 1.97. The molecule has 0 radical (unpaired) electrons. The van der Waals surface area contributed by atoms with Crippen molar-refractivity contribution in [3.8, 4) is 0 Å². The molecular formula is C17H24O4. The number of carbonyl (C=O) groups excluding carboxylic acids is 1. The van der Waals surface area contributed by atoms with Crippen LogP contribution in [0, 0.1) is 5.92 Å². The Balaban J connectivity index is 2.16. The minimum absolute atomic E-state index is 0.259. The summed E-state index contributed by atoms with van der Waals surface area (Å²) in [6.07, 6.45) is 3.58. The number of carbonyl (C=O) groups is 1. The first-order valence-electron chi connectivity index (χ1n) is 7.16. The monoisotopic (exact) mass is 292 g/mol. The third-order valence-electron chi connectivity index (χ3n) is 3.05. The molecule has 21 heavy (non-hydrogen) atoms. The van der Waals surface area contributed by atoms with E-state index in [9.17, 15) is 9.90 Å². The maximum atomic E-state index is 10.9. The van der Waals surface area contributed by atoms with Crippen LogP contribution in [0.5, 0.6) is 0 Å². The van der Waals surface area contributed by atoms with Gasteiger partial charge in [0.1, 0.15) is 0 Å². The van der Waals surface area contributed by atoms with Crippen molar-refractivity contribution in [2.24, 2.45) is 5.92 Å². The highest BCUT2D eigenvalue weighted by Crippen LogP contribution is 2.11. The van der Waals surface area contributed by atoms with Gasteiger partial charge in [-0.3, -0.25) is 0 Å². The molecule has 0 aliphatic carbocycles.